The van der Waals surface area contributed by atoms with Crippen LogP contribution in [-0.2, 0) is 0 Å². The fourth-order valence-electron chi connectivity index (χ4n) is 2.06. The van der Waals surface area contributed by atoms with Crippen LogP contribution in [0.1, 0.15) is 20.7 Å². The highest BCUT2D eigenvalue weighted by Gasteiger charge is 2.37. The average molecular weight is 276 g/mol. The van der Waals surface area contributed by atoms with Crippen molar-refractivity contribution in [3.05, 3.63) is 64.4 Å². The predicted molar refractivity (Wildman–Crippen MR) is 69.0 cm³/mol. The van der Waals surface area contributed by atoms with Crippen LogP contribution in [0.25, 0.3) is 0 Å². The number of nitrogens with zero attached hydrogens (tertiary/aromatic N) is 1. The molecule has 0 fully saturated rings. The monoisotopic (exact) mass is 275 g/mol. The van der Waals surface area contributed by atoms with Crippen molar-refractivity contribution in [1.29, 1.82) is 0 Å². The Morgan fingerprint density at radius 1 is 0.947 bits per heavy atom. The molecule has 3 nitrogen and oxygen atoms in total. The summed E-state index contributed by atoms with van der Waals surface area (Å²) in [5.41, 5.74) is 0.548. The van der Waals surface area contributed by atoms with E-state index in [1.807, 2.05) is 0 Å². The molecule has 19 heavy (non-hydrogen) atoms. The number of amides is 2. The van der Waals surface area contributed by atoms with Gasteiger partial charge in [0, 0.05) is 0 Å². The molecule has 0 aliphatic carbocycles. The molecule has 0 N–H and O–H groups in total. The summed E-state index contributed by atoms with van der Waals surface area (Å²) in [6, 6.07) is 10.0. The second-order valence-electron chi connectivity index (χ2n) is 4.09. The van der Waals surface area contributed by atoms with Gasteiger partial charge in [-0.3, -0.25) is 9.59 Å². The van der Waals surface area contributed by atoms with Crippen LogP contribution in [0.15, 0.2) is 42.5 Å². The number of hydrogen-bond donors (Lipinski definition) is 0. The van der Waals surface area contributed by atoms with Crippen LogP contribution in [-0.4, -0.2) is 11.8 Å². The highest BCUT2D eigenvalue weighted by Crippen LogP contribution is 2.33. The summed E-state index contributed by atoms with van der Waals surface area (Å²) in [5, 5.41) is 0.289. The molecule has 1 heterocycles. The molecular formula is C14H7ClFNO2. The lowest BCUT2D eigenvalue weighted by atomic mass is 10.1. The fourth-order valence-corrected chi connectivity index (χ4v) is 2.29. The first-order valence-electron chi connectivity index (χ1n) is 5.52. The summed E-state index contributed by atoms with van der Waals surface area (Å²) >= 11 is 5.99. The van der Waals surface area contributed by atoms with Gasteiger partial charge < -0.3 is 0 Å². The summed E-state index contributed by atoms with van der Waals surface area (Å²) in [5.74, 6) is -1.61. The SMILES string of the molecule is O=C1c2ccc(F)cc2C(=O)N1c1ccccc1Cl. The van der Waals surface area contributed by atoms with E-state index in [0.717, 1.165) is 17.0 Å². The number of para-hydroxylation sites is 1. The van der Waals surface area contributed by atoms with Crippen molar-refractivity contribution in [1.82, 2.24) is 0 Å². The molecule has 5 heteroatoms. The lowest BCUT2D eigenvalue weighted by Gasteiger charge is -2.14. The molecule has 2 aromatic rings. The molecule has 1 aliphatic heterocycles. The maximum atomic E-state index is 13.2. The molecule has 0 atom stereocenters. The van der Waals surface area contributed by atoms with Gasteiger partial charge in [0.15, 0.2) is 0 Å². The van der Waals surface area contributed by atoms with Crippen molar-refractivity contribution in [3.8, 4) is 0 Å². The predicted octanol–water partition coefficient (Wildman–Crippen LogP) is 3.28. The molecule has 0 spiro atoms. The first-order chi connectivity index (χ1) is 9.09. The maximum absolute atomic E-state index is 13.2. The van der Waals surface area contributed by atoms with Crippen LogP contribution < -0.4 is 4.90 Å². The van der Waals surface area contributed by atoms with Crippen molar-refractivity contribution >= 4 is 29.1 Å². The molecular weight excluding hydrogens is 269 g/mol. The van der Waals surface area contributed by atoms with E-state index < -0.39 is 17.6 Å². The van der Waals surface area contributed by atoms with Gasteiger partial charge in [0.05, 0.1) is 21.8 Å². The van der Waals surface area contributed by atoms with Crippen molar-refractivity contribution in [2.24, 2.45) is 0 Å². The van der Waals surface area contributed by atoms with Crippen molar-refractivity contribution in [2.45, 2.75) is 0 Å². The van der Waals surface area contributed by atoms with Crippen LogP contribution in [0.4, 0.5) is 10.1 Å². The van der Waals surface area contributed by atoms with Gasteiger partial charge in [0.2, 0.25) is 0 Å². The molecule has 0 saturated heterocycles. The summed E-state index contributed by atoms with van der Waals surface area (Å²) in [6.45, 7) is 0. The quantitative estimate of drug-likeness (QED) is 0.749. The number of halogens is 2. The molecule has 2 amide bonds. The third kappa shape index (κ3) is 1.72. The Hall–Kier alpha value is -2.20. The number of carbonyl (C=O) groups is 2. The zero-order valence-corrected chi connectivity index (χ0v) is 10.3. The van der Waals surface area contributed by atoms with E-state index in [1.165, 1.54) is 6.07 Å². The minimum atomic E-state index is -0.562. The Bertz CT molecular complexity index is 714. The van der Waals surface area contributed by atoms with E-state index in [4.69, 9.17) is 11.6 Å². The molecule has 1 aliphatic rings. The first kappa shape index (κ1) is 11.9. The first-order valence-corrected chi connectivity index (χ1v) is 5.90. The number of imide groups is 1. The van der Waals surface area contributed by atoms with Crippen molar-refractivity contribution in [3.63, 3.8) is 0 Å². The van der Waals surface area contributed by atoms with Gasteiger partial charge in [-0.2, -0.15) is 0 Å². The third-order valence-corrected chi connectivity index (χ3v) is 3.26. The molecule has 0 bridgehead atoms. The van der Waals surface area contributed by atoms with Crippen molar-refractivity contribution in [2.75, 3.05) is 4.90 Å². The maximum Gasteiger partial charge on any atom is 0.266 e. The van der Waals surface area contributed by atoms with Gasteiger partial charge in [-0.15, -0.1) is 0 Å². The highest BCUT2D eigenvalue weighted by atomic mass is 35.5. The van der Waals surface area contributed by atoms with Gasteiger partial charge in [-0.25, -0.2) is 9.29 Å². The number of anilines is 1. The topological polar surface area (TPSA) is 37.4 Å². The highest BCUT2D eigenvalue weighted by molar-refractivity contribution is 6.39. The third-order valence-electron chi connectivity index (χ3n) is 2.94. The molecule has 0 radical (unpaired) electrons. The van der Waals surface area contributed by atoms with E-state index in [0.29, 0.717) is 5.69 Å². The van der Waals surface area contributed by atoms with Crippen LogP contribution in [0.3, 0.4) is 0 Å². The van der Waals surface area contributed by atoms with Crippen LogP contribution in [0.2, 0.25) is 5.02 Å². The van der Waals surface area contributed by atoms with Gasteiger partial charge in [0.1, 0.15) is 5.82 Å². The molecule has 2 aromatic carbocycles. The van der Waals surface area contributed by atoms with E-state index in [-0.39, 0.29) is 16.1 Å². The number of rotatable bonds is 1. The fraction of sp³-hybridized carbons (Fsp3) is 0. The Morgan fingerprint density at radius 3 is 2.37 bits per heavy atom. The largest absolute Gasteiger partial charge is 0.268 e. The minimum absolute atomic E-state index is 0.0601. The van der Waals surface area contributed by atoms with Gasteiger partial charge >= 0.3 is 0 Å². The summed E-state index contributed by atoms with van der Waals surface area (Å²) in [6.07, 6.45) is 0. The number of hydrogen-bond acceptors (Lipinski definition) is 2. The smallest absolute Gasteiger partial charge is 0.266 e. The van der Waals surface area contributed by atoms with Gasteiger partial charge in [-0.05, 0) is 30.3 Å². The van der Waals surface area contributed by atoms with Gasteiger partial charge in [0.25, 0.3) is 11.8 Å². The van der Waals surface area contributed by atoms with Crippen LogP contribution >= 0.6 is 11.6 Å². The second kappa shape index (κ2) is 4.17. The molecule has 0 saturated carbocycles. The lowest BCUT2D eigenvalue weighted by molar-refractivity contribution is 0.0926. The molecule has 0 unspecified atom stereocenters. The zero-order chi connectivity index (χ0) is 13.6. The summed E-state index contributed by atoms with van der Waals surface area (Å²) in [4.78, 5) is 25.4. The van der Waals surface area contributed by atoms with Crippen LogP contribution in [0, 0.1) is 5.82 Å². The molecule has 0 aromatic heterocycles. The standard InChI is InChI=1S/C14H7ClFNO2/c15-11-3-1-2-4-12(11)17-13(18)9-6-5-8(16)7-10(9)14(17)19/h1-7H. The second-order valence-corrected chi connectivity index (χ2v) is 4.49. The normalized spacial score (nSPS) is 13.9. The summed E-state index contributed by atoms with van der Waals surface area (Å²) in [7, 11) is 0. The molecule has 3 rings (SSSR count). The Balaban J connectivity index is 2.16. The lowest BCUT2D eigenvalue weighted by Crippen LogP contribution is -2.29. The van der Waals surface area contributed by atoms with E-state index in [1.54, 1.807) is 24.3 Å². The minimum Gasteiger partial charge on any atom is -0.268 e. The van der Waals surface area contributed by atoms with E-state index in [9.17, 15) is 14.0 Å². The van der Waals surface area contributed by atoms with E-state index >= 15 is 0 Å². The number of fused-ring (bicyclic) bond motifs is 1. The van der Waals surface area contributed by atoms with E-state index in [2.05, 4.69) is 0 Å². The number of carbonyl (C=O) groups excluding carboxylic acids is 2. The number of benzene rings is 2. The molecule has 94 valence electrons. The van der Waals surface area contributed by atoms with Crippen LogP contribution in [0.5, 0.6) is 0 Å². The summed E-state index contributed by atoms with van der Waals surface area (Å²) < 4.78 is 13.2. The Morgan fingerprint density at radius 2 is 1.63 bits per heavy atom. The average Bonchev–Trinajstić information content (AvgIpc) is 2.63. The Labute approximate surface area is 113 Å². The van der Waals surface area contributed by atoms with Gasteiger partial charge in [-0.1, -0.05) is 23.7 Å². The zero-order valence-electron chi connectivity index (χ0n) is 9.56. The van der Waals surface area contributed by atoms with Crippen molar-refractivity contribution < 1.29 is 14.0 Å². The Kier molecular flexibility index (Phi) is 2.61.